The van der Waals surface area contributed by atoms with Crippen LogP contribution in [0.3, 0.4) is 0 Å². The van der Waals surface area contributed by atoms with Crippen molar-refractivity contribution >= 4 is 34.3 Å². The van der Waals surface area contributed by atoms with Gasteiger partial charge in [0.25, 0.3) is 5.69 Å². The standard InChI is InChI=1S/C22H19N3O2.C2HF3O2/c26-25(27)19-7-8-20(21-17(19)5-3-13-23-21)24-14-11-22(12-15-24)10-9-16-4-1-2-6-18(16)22;3-2(4,5)1(6)7/h1-10,13H,11-12,14-15H2;(H,6,7). The van der Waals surface area contributed by atoms with Gasteiger partial charge in [0.05, 0.1) is 16.0 Å². The van der Waals surface area contributed by atoms with Crippen molar-refractivity contribution in [3.63, 3.8) is 0 Å². The van der Waals surface area contributed by atoms with E-state index in [1.165, 1.54) is 11.1 Å². The van der Waals surface area contributed by atoms with Crippen LogP contribution in [0.2, 0.25) is 0 Å². The van der Waals surface area contributed by atoms with E-state index < -0.39 is 12.1 Å². The van der Waals surface area contributed by atoms with E-state index in [-0.39, 0.29) is 16.0 Å². The number of piperidine rings is 1. The predicted octanol–water partition coefficient (Wildman–Crippen LogP) is 5.34. The number of halogens is 3. The topological polar surface area (TPSA) is 96.6 Å². The predicted molar refractivity (Wildman–Crippen MR) is 121 cm³/mol. The van der Waals surface area contributed by atoms with Gasteiger partial charge in [-0.05, 0) is 42.2 Å². The maximum atomic E-state index is 11.3. The van der Waals surface area contributed by atoms with Crippen LogP contribution >= 0.6 is 0 Å². The van der Waals surface area contributed by atoms with Gasteiger partial charge in [0.2, 0.25) is 0 Å². The number of nitro benzene ring substituents is 1. The van der Waals surface area contributed by atoms with Crippen LogP contribution in [0.25, 0.3) is 17.0 Å². The summed E-state index contributed by atoms with van der Waals surface area (Å²) in [5.41, 5.74) is 4.69. The van der Waals surface area contributed by atoms with Gasteiger partial charge in [-0.2, -0.15) is 13.2 Å². The monoisotopic (exact) mass is 471 g/mol. The highest BCUT2D eigenvalue weighted by atomic mass is 19.4. The summed E-state index contributed by atoms with van der Waals surface area (Å²) in [5, 5.41) is 19.1. The lowest BCUT2D eigenvalue weighted by atomic mass is 9.74. The van der Waals surface area contributed by atoms with E-state index in [4.69, 9.17) is 9.90 Å². The van der Waals surface area contributed by atoms with Gasteiger partial charge in [0, 0.05) is 30.8 Å². The molecule has 7 nitrogen and oxygen atoms in total. The van der Waals surface area contributed by atoms with Crippen LogP contribution in [0.4, 0.5) is 24.5 Å². The molecule has 1 spiro atoms. The summed E-state index contributed by atoms with van der Waals surface area (Å²) in [7, 11) is 0. The molecule has 3 aromatic rings. The van der Waals surface area contributed by atoms with Gasteiger partial charge in [-0.15, -0.1) is 0 Å². The van der Waals surface area contributed by atoms with Crippen molar-refractivity contribution in [2.45, 2.75) is 24.4 Å². The molecular weight excluding hydrogens is 451 g/mol. The van der Waals surface area contributed by atoms with Crippen molar-refractivity contribution in [3.05, 3.63) is 82.0 Å². The number of nitrogens with zero attached hydrogens (tertiary/aromatic N) is 3. The van der Waals surface area contributed by atoms with Gasteiger partial charge < -0.3 is 10.0 Å². The van der Waals surface area contributed by atoms with E-state index in [0.717, 1.165) is 31.6 Å². The molecule has 0 radical (unpaired) electrons. The average Bonchev–Trinajstić information content (AvgIpc) is 3.17. The molecule has 1 fully saturated rings. The number of anilines is 1. The Morgan fingerprint density at radius 3 is 2.41 bits per heavy atom. The molecule has 0 saturated carbocycles. The normalized spacial score (nSPS) is 16.1. The Kier molecular flexibility index (Phi) is 5.99. The van der Waals surface area contributed by atoms with Gasteiger partial charge in [0.15, 0.2) is 0 Å². The number of carboxylic acids is 1. The minimum atomic E-state index is -5.08. The Morgan fingerprint density at radius 2 is 1.76 bits per heavy atom. The number of aromatic nitrogens is 1. The maximum absolute atomic E-state index is 11.3. The summed E-state index contributed by atoms with van der Waals surface area (Å²) in [6.45, 7) is 1.81. The van der Waals surface area contributed by atoms with Gasteiger partial charge in [-0.25, -0.2) is 4.79 Å². The quantitative estimate of drug-likeness (QED) is 0.400. The number of pyridine rings is 1. The van der Waals surface area contributed by atoms with Crippen molar-refractivity contribution in [1.29, 1.82) is 0 Å². The molecule has 10 heteroatoms. The number of fused-ring (bicyclic) bond motifs is 3. The van der Waals surface area contributed by atoms with Gasteiger partial charge in [0.1, 0.15) is 5.52 Å². The zero-order valence-corrected chi connectivity index (χ0v) is 17.8. The summed E-state index contributed by atoms with van der Waals surface area (Å²) >= 11 is 0. The lowest BCUT2D eigenvalue weighted by Gasteiger charge is -2.40. The molecular formula is C24H20F3N3O4. The second-order valence-electron chi connectivity index (χ2n) is 8.13. The molecule has 0 bridgehead atoms. The molecule has 1 aliphatic carbocycles. The number of hydrogen-bond donors (Lipinski definition) is 1. The maximum Gasteiger partial charge on any atom is 0.490 e. The molecule has 34 heavy (non-hydrogen) atoms. The second-order valence-corrected chi connectivity index (χ2v) is 8.13. The average molecular weight is 471 g/mol. The van der Waals surface area contributed by atoms with E-state index in [2.05, 4.69) is 46.3 Å². The van der Waals surface area contributed by atoms with Crippen molar-refractivity contribution in [1.82, 2.24) is 4.98 Å². The number of nitro groups is 1. The molecule has 1 N–H and O–H groups in total. The Labute approximate surface area is 192 Å². The molecule has 176 valence electrons. The third-order valence-corrected chi connectivity index (χ3v) is 6.24. The van der Waals surface area contributed by atoms with Crippen LogP contribution in [-0.2, 0) is 10.2 Å². The third kappa shape index (κ3) is 4.30. The van der Waals surface area contributed by atoms with E-state index >= 15 is 0 Å². The van der Waals surface area contributed by atoms with Crippen molar-refractivity contribution < 1.29 is 28.0 Å². The number of benzene rings is 2. The minimum Gasteiger partial charge on any atom is -0.475 e. The summed E-state index contributed by atoms with van der Waals surface area (Å²) in [5.74, 6) is -2.76. The molecule has 1 aromatic heterocycles. The fourth-order valence-corrected chi connectivity index (χ4v) is 4.57. The molecule has 0 atom stereocenters. The van der Waals surface area contributed by atoms with Crippen molar-refractivity contribution in [2.75, 3.05) is 18.0 Å². The first-order chi connectivity index (χ1) is 16.1. The van der Waals surface area contributed by atoms with Crippen LogP contribution < -0.4 is 4.90 Å². The van der Waals surface area contributed by atoms with Gasteiger partial charge in [-0.3, -0.25) is 15.1 Å². The summed E-state index contributed by atoms with van der Waals surface area (Å²) in [6.07, 6.45) is 3.30. The Balaban J connectivity index is 0.000000344. The zero-order valence-electron chi connectivity index (χ0n) is 17.8. The largest absolute Gasteiger partial charge is 0.490 e. The number of non-ortho nitro benzene ring substituents is 1. The highest BCUT2D eigenvalue weighted by Crippen LogP contribution is 2.45. The second kappa shape index (κ2) is 8.77. The Hall–Kier alpha value is -3.95. The molecule has 2 aromatic carbocycles. The zero-order chi connectivity index (χ0) is 24.5. The number of carboxylic acid groups (broad SMARTS) is 1. The highest BCUT2D eigenvalue weighted by Gasteiger charge is 2.39. The molecule has 0 amide bonds. The third-order valence-electron chi connectivity index (χ3n) is 6.24. The number of aliphatic carboxylic acids is 1. The molecule has 1 aliphatic heterocycles. The first kappa shape index (κ1) is 23.2. The molecule has 2 aliphatic rings. The van der Waals surface area contributed by atoms with Crippen LogP contribution in [0.15, 0.2) is 60.8 Å². The lowest BCUT2D eigenvalue weighted by Crippen LogP contribution is -2.41. The summed E-state index contributed by atoms with van der Waals surface area (Å²) in [6, 6.07) is 15.6. The number of carbonyl (C=O) groups is 1. The lowest BCUT2D eigenvalue weighted by molar-refractivity contribution is -0.383. The van der Waals surface area contributed by atoms with Crippen LogP contribution in [0.5, 0.6) is 0 Å². The van der Waals surface area contributed by atoms with Crippen molar-refractivity contribution in [2.24, 2.45) is 0 Å². The number of alkyl halides is 3. The fourth-order valence-electron chi connectivity index (χ4n) is 4.57. The number of rotatable bonds is 2. The van der Waals surface area contributed by atoms with Crippen LogP contribution in [0, 0.1) is 10.1 Å². The summed E-state index contributed by atoms with van der Waals surface area (Å²) < 4.78 is 31.7. The SMILES string of the molecule is O=C(O)C(F)(F)F.O=[N+]([O-])c1ccc(N2CCC3(C=Cc4ccccc43)CC2)c2ncccc12. The van der Waals surface area contributed by atoms with Crippen LogP contribution in [0.1, 0.15) is 24.0 Å². The van der Waals surface area contributed by atoms with Crippen LogP contribution in [-0.4, -0.2) is 40.2 Å². The molecule has 1 saturated heterocycles. The Bertz CT molecular complexity index is 1280. The van der Waals surface area contributed by atoms with Gasteiger partial charge in [-0.1, -0.05) is 36.4 Å². The first-order valence-corrected chi connectivity index (χ1v) is 10.5. The fraction of sp³-hybridized carbons (Fsp3) is 0.250. The summed E-state index contributed by atoms with van der Waals surface area (Å²) in [4.78, 5) is 26.7. The minimum absolute atomic E-state index is 0.114. The highest BCUT2D eigenvalue weighted by molar-refractivity contribution is 5.97. The first-order valence-electron chi connectivity index (χ1n) is 10.5. The van der Waals surface area contributed by atoms with E-state index in [0.29, 0.717) is 10.9 Å². The van der Waals surface area contributed by atoms with E-state index in [1.807, 2.05) is 6.07 Å². The van der Waals surface area contributed by atoms with E-state index in [1.54, 1.807) is 24.4 Å². The smallest absolute Gasteiger partial charge is 0.475 e. The van der Waals surface area contributed by atoms with Crippen molar-refractivity contribution in [3.8, 4) is 0 Å². The molecule has 0 unspecified atom stereocenters. The van der Waals surface area contributed by atoms with E-state index in [9.17, 15) is 23.3 Å². The molecule has 2 heterocycles. The Morgan fingerprint density at radius 1 is 1.09 bits per heavy atom. The molecule has 5 rings (SSSR count). The number of allylic oxidation sites excluding steroid dienone is 1. The number of hydrogen-bond acceptors (Lipinski definition) is 5. The van der Waals surface area contributed by atoms with Gasteiger partial charge >= 0.3 is 12.1 Å².